The van der Waals surface area contributed by atoms with Crippen molar-refractivity contribution in [2.45, 2.75) is 74.4 Å². The lowest BCUT2D eigenvalue weighted by Gasteiger charge is -2.33. The van der Waals surface area contributed by atoms with Gasteiger partial charge in [-0.05, 0) is 74.9 Å². The van der Waals surface area contributed by atoms with Crippen molar-refractivity contribution in [3.05, 3.63) is 90.0 Å². The third-order valence-corrected chi connectivity index (χ3v) is 10.1. The average molecular weight is 594 g/mol. The fraction of sp³-hybridized carbons (Fsp3) is 0.375. The second-order valence-electron chi connectivity index (χ2n) is 10.5. The molecule has 1 fully saturated rings. The zero-order valence-electron chi connectivity index (χ0n) is 24.0. The van der Waals surface area contributed by atoms with E-state index in [2.05, 4.69) is 5.32 Å². The molecule has 0 spiro atoms. The van der Waals surface area contributed by atoms with E-state index in [1.54, 1.807) is 43.3 Å². The van der Waals surface area contributed by atoms with Crippen molar-refractivity contribution in [3.8, 4) is 0 Å². The number of nitrogens with one attached hydrogen (secondary N) is 1. The Labute approximate surface area is 248 Å². The molecule has 3 aromatic carbocycles. The van der Waals surface area contributed by atoms with Crippen LogP contribution in [0.2, 0.25) is 0 Å². The summed E-state index contributed by atoms with van der Waals surface area (Å²) in [6.07, 6.45) is 7.11. The zero-order valence-corrected chi connectivity index (χ0v) is 25.6. The van der Waals surface area contributed by atoms with Crippen molar-refractivity contribution in [2.24, 2.45) is 0 Å². The minimum atomic E-state index is -4.09. The number of anilines is 1. The molecule has 4 rings (SSSR count). The first kappa shape index (κ1) is 30.7. The Morgan fingerprint density at radius 3 is 2.17 bits per heavy atom. The van der Waals surface area contributed by atoms with Crippen LogP contribution < -0.4 is 9.62 Å². The van der Waals surface area contributed by atoms with Gasteiger partial charge >= 0.3 is 0 Å². The Balaban J connectivity index is 1.65. The largest absolute Gasteiger partial charge is 0.352 e. The third kappa shape index (κ3) is 7.92. The summed E-state index contributed by atoms with van der Waals surface area (Å²) >= 11 is 1.52. The number of carbonyl (C=O) groups is 2. The third-order valence-electron chi connectivity index (χ3n) is 7.56. The molecule has 1 aliphatic rings. The van der Waals surface area contributed by atoms with Gasteiger partial charge in [-0.2, -0.15) is 0 Å². The minimum Gasteiger partial charge on any atom is -0.352 e. The monoisotopic (exact) mass is 593 g/mol. The summed E-state index contributed by atoms with van der Waals surface area (Å²) in [6, 6.07) is 22.5. The highest BCUT2D eigenvalue weighted by atomic mass is 32.2. The van der Waals surface area contributed by atoms with Crippen LogP contribution in [0, 0.1) is 6.92 Å². The normalized spacial score (nSPS) is 14.7. The number of aryl methyl sites for hydroxylation is 1. The molecular weight excluding hydrogens is 555 g/mol. The summed E-state index contributed by atoms with van der Waals surface area (Å²) < 4.78 is 29.1. The topological polar surface area (TPSA) is 86.8 Å². The standard InChI is InChI=1S/C32H39N3O4S2/c1-24-14-16-28(17-15-24)35(41(38,39)30-20-18-29(40-3)19-21-30)23-31(36)34(22-26-10-6-4-7-11-26)25(2)32(37)33-27-12-8-5-9-13-27/h4,6-7,10-11,14-21,25,27H,5,8-9,12-13,22-23H2,1-3H3,(H,33,37)/t25-/m1/s1. The Morgan fingerprint density at radius 2 is 1.56 bits per heavy atom. The van der Waals surface area contributed by atoms with Gasteiger partial charge in [0.05, 0.1) is 10.6 Å². The van der Waals surface area contributed by atoms with Gasteiger partial charge in [0.15, 0.2) is 0 Å². The number of carbonyl (C=O) groups excluding carboxylic acids is 2. The molecule has 1 saturated carbocycles. The first-order chi connectivity index (χ1) is 19.7. The lowest BCUT2D eigenvalue weighted by molar-refractivity contribution is -0.139. The lowest BCUT2D eigenvalue weighted by Crippen LogP contribution is -2.53. The van der Waals surface area contributed by atoms with Gasteiger partial charge in [0.1, 0.15) is 12.6 Å². The molecule has 41 heavy (non-hydrogen) atoms. The van der Waals surface area contributed by atoms with E-state index in [1.807, 2.05) is 55.6 Å². The van der Waals surface area contributed by atoms with E-state index in [0.717, 1.165) is 46.0 Å². The van der Waals surface area contributed by atoms with E-state index in [9.17, 15) is 18.0 Å². The van der Waals surface area contributed by atoms with Crippen LogP contribution in [0.4, 0.5) is 5.69 Å². The molecule has 0 heterocycles. The number of thioether (sulfide) groups is 1. The van der Waals surface area contributed by atoms with E-state index in [-0.39, 0.29) is 23.4 Å². The van der Waals surface area contributed by atoms with Crippen LogP contribution in [-0.2, 0) is 26.2 Å². The molecule has 7 nitrogen and oxygen atoms in total. The van der Waals surface area contributed by atoms with Gasteiger partial charge in [-0.25, -0.2) is 8.42 Å². The van der Waals surface area contributed by atoms with Crippen molar-refractivity contribution in [1.29, 1.82) is 0 Å². The highest BCUT2D eigenvalue weighted by Gasteiger charge is 2.33. The van der Waals surface area contributed by atoms with Crippen molar-refractivity contribution in [1.82, 2.24) is 10.2 Å². The van der Waals surface area contributed by atoms with Crippen LogP contribution in [0.25, 0.3) is 0 Å². The van der Waals surface area contributed by atoms with E-state index in [1.165, 1.54) is 23.1 Å². The van der Waals surface area contributed by atoms with E-state index < -0.39 is 28.5 Å². The Hall–Kier alpha value is -3.30. The van der Waals surface area contributed by atoms with Crippen molar-refractivity contribution >= 4 is 39.3 Å². The molecule has 0 radical (unpaired) electrons. The summed E-state index contributed by atoms with van der Waals surface area (Å²) in [5, 5.41) is 3.13. The van der Waals surface area contributed by atoms with Crippen LogP contribution in [0.5, 0.6) is 0 Å². The fourth-order valence-corrected chi connectivity index (χ4v) is 6.87. The molecule has 9 heteroatoms. The van der Waals surface area contributed by atoms with Gasteiger partial charge < -0.3 is 10.2 Å². The van der Waals surface area contributed by atoms with Gasteiger partial charge in [-0.1, -0.05) is 67.3 Å². The summed E-state index contributed by atoms with van der Waals surface area (Å²) in [4.78, 5) is 30.0. The Bertz CT molecular complexity index is 1410. The summed E-state index contributed by atoms with van der Waals surface area (Å²) in [5.41, 5.74) is 2.22. The molecule has 0 saturated heterocycles. The van der Waals surface area contributed by atoms with Gasteiger partial charge in [-0.3, -0.25) is 13.9 Å². The zero-order chi connectivity index (χ0) is 29.4. The highest BCUT2D eigenvalue weighted by Crippen LogP contribution is 2.27. The van der Waals surface area contributed by atoms with Gasteiger partial charge in [0.25, 0.3) is 10.0 Å². The van der Waals surface area contributed by atoms with E-state index >= 15 is 0 Å². The number of hydrogen-bond donors (Lipinski definition) is 1. The number of sulfonamides is 1. The van der Waals surface area contributed by atoms with Crippen LogP contribution in [0.1, 0.15) is 50.2 Å². The number of benzene rings is 3. The van der Waals surface area contributed by atoms with Crippen molar-refractivity contribution in [3.63, 3.8) is 0 Å². The second kappa shape index (κ2) is 14.0. The van der Waals surface area contributed by atoms with Gasteiger partial charge in [-0.15, -0.1) is 11.8 Å². The maximum absolute atomic E-state index is 14.1. The smallest absolute Gasteiger partial charge is 0.264 e. The average Bonchev–Trinajstić information content (AvgIpc) is 2.99. The maximum atomic E-state index is 14.1. The Kier molecular flexibility index (Phi) is 10.5. The predicted molar refractivity (Wildman–Crippen MR) is 165 cm³/mol. The van der Waals surface area contributed by atoms with Crippen LogP contribution >= 0.6 is 11.8 Å². The SMILES string of the molecule is CSc1ccc(S(=O)(=O)N(CC(=O)N(Cc2ccccc2)[C@H](C)C(=O)NC2CCCCC2)c2ccc(C)cc2)cc1. The summed E-state index contributed by atoms with van der Waals surface area (Å²) in [7, 11) is -4.09. The minimum absolute atomic E-state index is 0.0982. The number of nitrogens with zero attached hydrogens (tertiary/aromatic N) is 2. The summed E-state index contributed by atoms with van der Waals surface area (Å²) in [5.74, 6) is -0.677. The second-order valence-corrected chi connectivity index (χ2v) is 13.3. The predicted octanol–water partition coefficient (Wildman–Crippen LogP) is 5.78. The molecule has 1 N–H and O–H groups in total. The molecule has 2 amide bonds. The van der Waals surface area contributed by atoms with E-state index in [4.69, 9.17) is 0 Å². The number of hydrogen-bond acceptors (Lipinski definition) is 5. The maximum Gasteiger partial charge on any atom is 0.264 e. The summed E-state index contributed by atoms with van der Waals surface area (Å²) in [6.45, 7) is 3.38. The quantitative estimate of drug-likeness (QED) is 0.285. The van der Waals surface area contributed by atoms with E-state index in [0.29, 0.717) is 5.69 Å². The molecule has 0 unspecified atom stereocenters. The fourth-order valence-electron chi connectivity index (χ4n) is 5.05. The van der Waals surface area contributed by atoms with Crippen LogP contribution in [0.3, 0.4) is 0 Å². The molecule has 0 bridgehead atoms. The van der Waals surface area contributed by atoms with Gasteiger partial charge in [0.2, 0.25) is 11.8 Å². The molecule has 1 aliphatic carbocycles. The van der Waals surface area contributed by atoms with Crippen molar-refractivity contribution in [2.75, 3.05) is 17.1 Å². The first-order valence-electron chi connectivity index (χ1n) is 14.1. The van der Waals surface area contributed by atoms with Crippen molar-refractivity contribution < 1.29 is 18.0 Å². The van der Waals surface area contributed by atoms with Crippen LogP contribution in [0.15, 0.2) is 88.7 Å². The Morgan fingerprint density at radius 1 is 0.927 bits per heavy atom. The molecule has 1 atom stereocenters. The molecule has 3 aromatic rings. The lowest BCUT2D eigenvalue weighted by atomic mass is 9.95. The first-order valence-corrected chi connectivity index (χ1v) is 16.7. The number of rotatable bonds is 11. The van der Waals surface area contributed by atoms with Crippen LogP contribution in [-0.4, -0.2) is 50.0 Å². The molecular formula is C32H39N3O4S2. The molecule has 0 aromatic heterocycles. The number of amides is 2. The van der Waals surface area contributed by atoms with Gasteiger partial charge in [0, 0.05) is 17.5 Å². The molecule has 218 valence electrons. The highest BCUT2D eigenvalue weighted by molar-refractivity contribution is 7.98. The molecule has 0 aliphatic heterocycles.